The first-order chi connectivity index (χ1) is 11.9. The molecule has 0 bridgehead atoms. The molecule has 0 radical (unpaired) electrons. The number of amides is 1. The molecule has 0 unspecified atom stereocenters. The molecule has 0 atom stereocenters. The summed E-state index contributed by atoms with van der Waals surface area (Å²) in [5, 5.41) is 7.17. The van der Waals surface area contributed by atoms with Crippen LogP contribution in [0.25, 0.3) is 5.82 Å². The predicted octanol–water partition coefficient (Wildman–Crippen LogP) is 3.25. The van der Waals surface area contributed by atoms with Crippen LogP contribution in [0.2, 0.25) is 5.02 Å². The van der Waals surface area contributed by atoms with Gasteiger partial charge < -0.3 is 5.32 Å². The van der Waals surface area contributed by atoms with Crippen molar-refractivity contribution < 1.29 is 9.18 Å². The van der Waals surface area contributed by atoms with Gasteiger partial charge in [-0.1, -0.05) is 17.7 Å². The molecular weight excluding hydrogens is 345 g/mol. The molecule has 0 fully saturated rings. The molecule has 0 saturated carbocycles. The van der Waals surface area contributed by atoms with E-state index in [4.69, 9.17) is 11.6 Å². The van der Waals surface area contributed by atoms with E-state index in [-0.39, 0.29) is 17.0 Å². The minimum atomic E-state index is -0.520. The van der Waals surface area contributed by atoms with E-state index < -0.39 is 11.7 Å². The highest BCUT2D eigenvalue weighted by atomic mass is 35.5. The van der Waals surface area contributed by atoms with Gasteiger partial charge in [-0.25, -0.2) is 19.0 Å². The van der Waals surface area contributed by atoms with Gasteiger partial charge in [0.25, 0.3) is 0 Å². The van der Waals surface area contributed by atoms with E-state index in [0.29, 0.717) is 11.6 Å². The molecule has 3 aromatic rings. The number of carbonyl (C=O) groups excluding carboxylic acids is 1. The maximum Gasteiger partial charge on any atom is 0.230 e. The number of anilines is 1. The lowest BCUT2D eigenvalue weighted by atomic mass is 10.1. The summed E-state index contributed by atoms with van der Waals surface area (Å²) in [7, 11) is 0. The zero-order valence-electron chi connectivity index (χ0n) is 13.6. The van der Waals surface area contributed by atoms with Crippen molar-refractivity contribution in [2.24, 2.45) is 0 Å². The number of hydrogen-bond acceptors (Lipinski definition) is 4. The Bertz CT molecular complexity index is 920. The van der Waals surface area contributed by atoms with Gasteiger partial charge in [0.05, 0.1) is 12.1 Å². The zero-order valence-corrected chi connectivity index (χ0v) is 14.4. The van der Waals surface area contributed by atoms with Gasteiger partial charge in [-0.2, -0.15) is 5.10 Å². The van der Waals surface area contributed by atoms with Crippen molar-refractivity contribution >= 4 is 23.3 Å². The molecule has 0 aliphatic rings. The fourth-order valence-corrected chi connectivity index (χ4v) is 2.67. The molecule has 0 aliphatic carbocycles. The lowest BCUT2D eigenvalue weighted by Gasteiger charge is -2.08. The molecule has 0 saturated heterocycles. The number of aromatic nitrogens is 4. The molecule has 1 amide bonds. The summed E-state index contributed by atoms with van der Waals surface area (Å²) >= 11 is 5.94. The van der Waals surface area contributed by atoms with E-state index in [0.717, 1.165) is 11.4 Å². The standard InChI is InChI=1S/C17H15ClFN5O/c1-10-6-11(2)24(23-10)16-8-15(20-9-21-16)22-17(25)7-12-13(18)4-3-5-14(12)19/h3-6,8-9H,7H2,1-2H3,(H,20,21,22,25). The summed E-state index contributed by atoms with van der Waals surface area (Å²) in [5.41, 5.74) is 1.91. The number of carbonyl (C=O) groups is 1. The van der Waals surface area contributed by atoms with E-state index in [1.165, 1.54) is 18.5 Å². The quantitative estimate of drug-likeness (QED) is 0.776. The highest BCUT2D eigenvalue weighted by Crippen LogP contribution is 2.20. The molecule has 3 rings (SSSR count). The molecule has 0 spiro atoms. The van der Waals surface area contributed by atoms with E-state index in [2.05, 4.69) is 20.4 Å². The predicted molar refractivity (Wildman–Crippen MR) is 92.4 cm³/mol. The Morgan fingerprint density at radius 2 is 2.08 bits per heavy atom. The van der Waals surface area contributed by atoms with Crippen LogP contribution in [0, 0.1) is 19.7 Å². The van der Waals surface area contributed by atoms with Crippen LogP contribution in [0.1, 0.15) is 17.0 Å². The number of nitrogens with zero attached hydrogens (tertiary/aromatic N) is 4. The van der Waals surface area contributed by atoms with Crippen LogP contribution >= 0.6 is 11.6 Å². The molecular formula is C17H15ClFN5O. The summed E-state index contributed by atoms with van der Waals surface area (Å²) in [5.74, 6) is -0.117. The van der Waals surface area contributed by atoms with Gasteiger partial charge in [-0.3, -0.25) is 4.79 Å². The van der Waals surface area contributed by atoms with Crippen LogP contribution in [0.15, 0.2) is 36.7 Å². The molecule has 1 aromatic carbocycles. The molecule has 8 heteroatoms. The number of rotatable bonds is 4. The Balaban J connectivity index is 1.78. The van der Waals surface area contributed by atoms with Crippen molar-refractivity contribution in [2.75, 3.05) is 5.32 Å². The maximum absolute atomic E-state index is 13.8. The van der Waals surface area contributed by atoms with E-state index in [9.17, 15) is 9.18 Å². The number of nitrogens with one attached hydrogen (secondary N) is 1. The Hall–Kier alpha value is -2.80. The topological polar surface area (TPSA) is 72.7 Å². The molecule has 2 heterocycles. The lowest BCUT2D eigenvalue weighted by molar-refractivity contribution is -0.115. The van der Waals surface area contributed by atoms with Crippen LogP contribution in [-0.4, -0.2) is 25.7 Å². The molecule has 0 aliphatic heterocycles. The van der Waals surface area contributed by atoms with Crippen molar-refractivity contribution in [2.45, 2.75) is 20.3 Å². The third-order valence-corrected chi connectivity index (χ3v) is 3.90. The second kappa shape index (κ2) is 6.98. The second-order valence-corrected chi connectivity index (χ2v) is 5.93. The number of halogens is 2. The molecule has 1 N–H and O–H groups in total. The van der Waals surface area contributed by atoms with Crippen LogP contribution < -0.4 is 5.32 Å². The summed E-state index contributed by atoms with van der Waals surface area (Å²) in [6.45, 7) is 3.78. The van der Waals surface area contributed by atoms with Crippen molar-refractivity contribution in [1.29, 1.82) is 0 Å². The number of benzene rings is 1. The largest absolute Gasteiger partial charge is 0.310 e. The van der Waals surface area contributed by atoms with Crippen molar-refractivity contribution in [3.8, 4) is 5.82 Å². The van der Waals surface area contributed by atoms with Gasteiger partial charge in [-0.05, 0) is 32.0 Å². The van der Waals surface area contributed by atoms with Gasteiger partial charge >= 0.3 is 0 Å². The second-order valence-electron chi connectivity index (χ2n) is 5.53. The Kier molecular flexibility index (Phi) is 4.76. The molecule has 25 heavy (non-hydrogen) atoms. The highest BCUT2D eigenvalue weighted by Gasteiger charge is 2.13. The summed E-state index contributed by atoms with van der Waals surface area (Å²) in [6.07, 6.45) is 1.14. The van der Waals surface area contributed by atoms with Crippen LogP contribution in [0.4, 0.5) is 10.2 Å². The minimum Gasteiger partial charge on any atom is -0.310 e. The van der Waals surface area contributed by atoms with Crippen LogP contribution in [-0.2, 0) is 11.2 Å². The van der Waals surface area contributed by atoms with Gasteiger partial charge in [0.1, 0.15) is 18.0 Å². The van der Waals surface area contributed by atoms with Crippen molar-refractivity contribution in [3.63, 3.8) is 0 Å². The summed E-state index contributed by atoms with van der Waals surface area (Å²) < 4.78 is 15.4. The fraction of sp³-hybridized carbons (Fsp3) is 0.176. The minimum absolute atomic E-state index is 0.148. The van der Waals surface area contributed by atoms with Crippen molar-refractivity contribution in [1.82, 2.24) is 19.7 Å². The fourth-order valence-electron chi connectivity index (χ4n) is 2.44. The van der Waals surface area contributed by atoms with Crippen molar-refractivity contribution in [3.05, 3.63) is 64.5 Å². The third kappa shape index (κ3) is 3.83. The van der Waals surface area contributed by atoms with Gasteiger partial charge in [0.15, 0.2) is 5.82 Å². The SMILES string of the molecule is Cc1cc(C)n(-c2cc(NC(=O)Cc3c(F)cccc3Cl)ncn2)n1. The van der Waals surface area contributed by atoms with E-state index in [1.807, 2.05) is 19.9 Å². The Labute approximate surface area is 148 Å². The third-order valence-electron chi connectivity index (χ3n) is 3.55. The first kappa shape index (κ1) is 17.0. The maximum atomic E-state index is 13.8. The first-order valence-corrected chi connectivity index (χ1v) is 7.90. The Morgan fingerprint density at radius 1 is 1.28 bits per heavy atom. The van der Waals surface area contributed by atoms with Crippen LogP contribution in [0.5, 0.6) is 0 Å². The van der Waals surface area contributed by atoms with E-state index in [1.54, 1.807) is 16.8 Å². The average molecular weight is 360 g/mol. The molecule has 2 aromatic heterocycles. The smallest absolute Gasteiger partial charge is 0.230 e. The lowest BCUT2D eigenvalue weighted by Crippen LogP contribution is -2.17. The normalized spacial score (nSPS) is 10.7. The molecule has 128 valence electrons. The average Bonchev–Trinajstić information content (AvgIpc) is 2.90. The number of aryl methyl sites for hydroxylation is 2. The zero-order chi connectivity index (χ0) is 18.0. The van der Waals surface area contributed by atoms with Gasteiger partial charge in [-0.15, -0.1) is 0 Å². The Morgan fingerprint density at radius 3 is 2.76 bits per heavy atom. The highest BCUT2D eigenvalue weighted by molar-refractivity contribution is 6.31. The summed E-state index contributed by atoms with van der Waals surface area (Å²) in [6, 6.07) is 7.81. The first-order valence-electron chi connectivity index (χ1n) is 7.52. The number of hydrogen-bond donors (Lipinski definition) is 1. The van der Waals surface area contributed by atoms with Crippen LogP contribution in [0.3, 0.4) is 0 Å². The summed E-state index contributed by atoms with van der Waals surface area (Å²) in [4.78, 5) is 20.4. The van der Waals surface area contributed by atoms with E-state index >= 15 is 0 Å². The monoisotopic (exact) mass is 359 g/mol. The van der Waals surface area contributed by atoms with Gasteiger partial charge in [0, 0.05) is 22.3 Å². The van der Waals surface area contributed by atoms with Gasteiger partial charge in [0.2, 0.25) is 5.91 Å². The molecule has 6 nitrogen and oxygen atoms in total.